The first-order valence-electron chi connectivity index (χ1n) is 8.28. The van der Waals surface area contributed by atoms with Crippen molar-refractivity contribution in [2.24, 2.45) is 11.7 Å². The van der Waals surface area contributed by atoms with Crippen LogP contribution in [0.25, 0.3) is 0 Å². The lowest BCUT2D eigenvalue weighted by Crippen LogP contribution is -2.22. The van der Waals surface area contributed by atoms with Gasteiger partial charge in [0.05, 0.1) is 0 Å². The zero-order valence-corrected chi connectivity index (χ0v) is 13.8. The number of allylic oxidation sites excluding steroid dienone is 4. The SMILES string of the molecule is C=C/C=C(\C=C/C)NC(=O)c1ccc(C(N)C2CCCC2)cc1. The highest BCUT2D eigenvalue weighted by molar-refractivity contribution is 5.95. The molecular weight excluding hydrogens is 284 g/mol. The second kappa shape index (κ2) is 8.49. The Morgan fingerprint density at radius 2 is 1.96 bits per heavy atom. The summed E-state index contributed by atoms with van der Waals surface area (Å²) in [6.45, 7) is 5.56. The van der Waals surface area contributed by atoms with Crippen LogP contribution in [0.5, 0.6) is 0 Å². The summed E-state index contributed by atoms with van der Waals surface area (Å²) < 4.78 is 0. The van der Waals surface area contributed by atoms with Gasteiger partial charge in [-0.3, -0.25) is 4.79 Å². The van der Waals surface area contributed by atoms with Gasteiger partial charge in [0, 0.05) is 17.3 Å². The molecule has 0 saturated heterocycles. The minimum Gasteiger partial charge on any atom is -0.324 e. The van der Waals surface area contributed by atoms with Gasteiger partial charge in [-0.2, -0.15) is 0 Å². The van der Waals surface area contributed by atoms with Gasteiger partial charge in [0.25, 0.3) is 5.91 Å². The molecule has 0 radical (unpaired) electrons. The van der Waals surface area contributed by atoms with E-state index in [1.807, 2.05) is 43.3 Å². The van der Waals surface area contributed by atoms with E-state index in [1.165, 1.54) is 25.7 Å². The van der Waals surface area contributed by atoms with Crippen molar-refractivity contribution in [3.63, 3.8) is 0 Å². The van der Waals surface area contributed by atoms with Gasteiger partial charge in [0.1, 0.15) is 0 Å². The molecule has 3 nitrogen and oxygen atoms in total. The molecule has 1 fully saturated rings. The summed E-state index contributed by atoms with van der Waals surface area (Å²) in [6.07, 6.45) is 12.1. The molecule has 0 aliphatic heterocycles. The Hall–Kier alpha value is -2.13. The highest BCUT2D eigenvalue weighted by atomic mass is 16.1. The summed E-state index contributed by atoms with van der Waals surface area (Å²) in [5.74, 6) is 0.448. The van der Waals surface area contributed by atoms with Crippen molar-refractivity contribution in [1.29, 1.82) is 0 Å². The molecule has 1 amide bonds. The maximum absolute atomic E-state index is 12.3. The zero-order chi connectivity index (χ0) is 16.7. The van der Waals surface area contributed by atoms with Crippen LogP contribution in [-0.4, -0.2) is 5.91 Å². The highest BCUT2D eigenvalue weighted by Gasteiger charge is 2.23. The molecule has 1 atom stereocenters. The molecule has 0 spiro atoms. The summed E-state index contributed by atoms with van der Waals surface area (Å²) >= 11 is 0. The van der Waals surface area contributed by atoms with E-state index in [0.29, 0.717) is 11.5 Å². The molecule has 23 heavy (non-hydrogen) atoms. The maximum atomic E-state index is 12.3. The summed E-state index contributed by atoms with van der Waals surface area (Å²) in [7, 11) is 0. The fraction of sp³-hybridized carbons (Fsp3) is 0.350. The van der Waals surface area contributed by atoms with E-state index in [9.17, 15) is 4.79 Å². The van der Waals surface area contributed by atoms with Gasteiger partial charge in [0.15, 0.2) is 0 Å². The van der Waals surface area contributed by atoms with E-state index >= 15 is 0 Å². The quantitative estimate of drug-likeness (QED) is 0.772. The Kier molecular flexibility index (Phi) is 6.36. The van der Waals surface area contributed by atoms with E-state index in [1.54, 1.807) is 12.2 Å². The number of hydrogen-bond acceptors (Lipinski definition) is 2. The Labute approximate surface area is 139 Å². The van der Waals surface area contributed by atoms with Crippen molar-refractivity contribution >= 4 is 5.91 Å². The first kappa shape index (κ1) is 17.2. The smallest absolute Gasteiger partial charge is 0.255 e. The number of carbonyl (C=O) groups excluding carboxylic acids is 1. The van der Waals surface area contributed by atoms with Crippen molar-refractivity contribution < 1.29 is 4.79 Å². The number of carbonyl (C=O) groups is 1. The molecule has 0 bridgehead atoms. The molecule has 122 valence electrons. The van der Waals surface area contributed by atoms with E-state index in [0.717, 1.165) is 11.3 Å². The Morgan fingerprint density at radius 3 is 2.52 bits per heavy atom. The molecule has 0 aromatic heterocycles. The van der Waals surface area contributed by atoms with Crippen LogP contribution in [0.15, 0.2) is 60.8 Å². The molecule has 1 aromatic rings. The fourth-order valence-electron chi connectivity index (χ4n) is 3.09. The van der Waals surface area contributed by atoms with E-state index in [4.69, 9.17) is 5.73 Å². The molecule has 1 aliphatic carbocycles. The molecule has 1 aromatic carbocycles. The average Bonchev–Trinajstić information content (AvgIpc) is 3.09. The Balaban J connectivity index is 2.04. The van der Waals surface area contributed by atoms with Crippen LogP contribution in [-0.2, 0) is 0 Å². The highest BCUT2D eigenvalue weighted by Crippen LogP contribution is 2.34. The molecular formula is C20H26N2O. The molecule has 2 rings (SSSR count). The number of nitrogens with two attached hydrogens (primary N) is 1. The summed E-state index contributed by atoms with van der Waals surface area (Å²) in [6, 6.07) is 7.73. The minimum absolute atomic E-state index is 0.0776. The molecule has 0 heterocycles. The number of nitrogens with one attached hydrogen (secondary N) is 1. The number of hydrogen-bond donors (Lipinski definition) is 2. The van der Waals surface area contributed by atoms with Gasteiger partial charge in [-0.25, -0.2) is 0 Å². The lowest BCUT2D eigenvalue weighted by Gasteiger charge is -2.19. The third-order valence-electron chi connectivity index (χ3n) is 4.37. The van der Waals surface area contributed by atoms with E-state index < -0.39 is 0 Å². The topological polar surface area (TPSA) is 55.1 Å². The molecule has 3 heteroatoms. The first-order chi connectivity index (χ1) is 11.2. The van der Waals surface area contributed by atoms with Crippen LogP contribution < -0.4 is 11.1 Å². The lowest BCUT2D eigenvalue weighted by molar-refractivity contribution is 0.0967. The maximum Gasteiger partial charge on any atom is 0.255 e. The van der Waals surface area contributed by atoms with Crippen LogP contribution >= 0.6 is 0 Å². The van der Waals surface area contributed by atoms with Crippen molar-refractivity contribution in [3.05, 3.63) is 72.0 Å². The Morgan fingerprint density at radius 1 is 1.30 bits per heavy atom. The predicted molar refractivity (Wildman–Crippen MR) is 95.9 cm³/mol. The van der Waals surface area contributed by atoms with Gasteiger partial charge in [-0.05, 0) is 55.5 Å². The fourth-order valence-corrected chi connectivity index (χ4v) is 3.09. The second-order valence-corrected chi connectivity index (χ2v) is 6.00. The van der Waals surface area contributed by atoms with Crippen LogP contribution in [0.2, 0.25) is 0 Å². The number of amides is 1. The van der Waals surface area contributed by atoms with Gasteiger partial charge in [-0.15, -0.1) is 0 Å². The normalized spacial score (nSPS) is 17.4. The zero-order valence-electron chi connectivity index (χ0n) is 13.8. The monoisotopic (exact) mass is 310 g/mol. The first-order valence-corrected chi connectivity index (χ1v) is 8.28. The molecule has 1 aliphatic rings. The largest absolute Gasteiger partial charge is 0.324 e. The van der Waals surface area contributed by atoms with Crippen LogP contribution in [0.3, 0.4) is 0 Å². The van der Waals surface area contributed by atoms with Crippen LogP contribution in [0.1, 0.15) is 54.6 Å². The van der Waals surface area contributed by atoms with Crippen molar-refractivity contribution in [1.82, 2.24) is 5.32 Å². The van der Waals surface area contributed by atoms with Gasteiger partial charge in [-0.1, -0.05) is 43.7 Å². The van der Waals surface area contributed by atoms with Gasteiger partial charge < -0.3 is 11.1 Å². The third kappa shape index (κ3) is 4.67. The number of benzene rings is 1. The summed E-state index contributed by atoms with van der Waals surface area (Å²) in [4.78, 5) is 12.3. The van der Waals surface area contributed by atoms with Crippen LogP contribution in [0, 0.1) is 5.92 Å². The lowest BCUT2D eigenvalue weighted by atomic mass is 9.92. The average molecular weight is 310 g/mol. The predicted octanol–water partition coefficient (Wildman–Crippen LogP) is 4.25. The van der Waals surface area contributed by atoms with Crippen molar-refractivity contribution in [2.45, 2.75) is 38.6 Å². The Bertz CT molecular complexity index is 593. The van der Waals surface area contributed by atoms with E-state index in [2.05, 4.69) is 11.9 Å². The second-order valence-electron chi connectivity index (χ2n) is 6.00. The minimum atomic E-state index is -0.128. The van der Waals surface area contributed by atoms with Crippen molar-refractivity contribution in [3.8, 4) is 0 Å². The van der Waals surface area contributed by atoms with Gasteiger partial charge >= 0.3 is 0 Å². The standard InChI is InChI=1S/C20H26N2O/c1-3-7-18(8-4-2)22-20(23)17-13-11-16(12-14-17)19(21)15-9-5-6-10-15/h3-4,7-8,11-15,19H,1,5-6,9-10,21H2,2H3,(H,22,23)/b8-4-,18-7+. The number of rotatable bonds is 6. The third-order valence-corrected chi connectivity index (χ3v) is 4.37. The summed E-state index contributed by atoms with van der Waals surface area (Å²) in [5, 5.41) is 2.87. The summed E-state index contributed by atoms with van der Waals surface area (Å²) in [5.41, 5.74) is 8.82. The molecule has 1 saturated carbocycles. The molecule has 3 N–H and O–H groups in total. The van der Waals surface area contributed by atoms with Gasteiger partial charge in [0.2, 0.25) is 0 Å². The van der Waals surface area contributed by atoms with E-state index in [-0.39, 0.29) is 11.9 Å². The van der Waals surface area contributed by atoms with Crippen molar-refractivity contribution in [2.75, 3.05) is 0 Å². The van der Waals surface area contributed by atoms with Crippen LogP contribution in [0.4, 0.5) is 0 Å². The molecule has 1 unspecified atom stereocenters.